The molecule has 0 bridgehead atoms. The Bertz CT molecular complexity index is 1740. The highest BCUT2D eigenvalue weighted by atomic mass is 32.2. The van der Waals surface area contributed by atoms with E-state index < -0.39 is 31.7 Å². The summed E-state index contributed by atoms with van der Waals surface area (Å²) in [5.74, 6) is -0.788. The summed E-state index contributed by atoms with van der Waals surface area (Å²) >= 11 is 0. The van der Waals surface area contributed by atoms with Crippen molar-refractivity contribution in [3.8, 4) is 11.1 Å². The summed E-state index contributed by atoms with van der Waals surface area (Å²) in [4.78, 5) is 0.229. The maximum Gasteiger partial charge on any atom is 0.264 e. The number of nitrogens with zero attached hydrogens (tertiary/aromatic N) is 2. The first-order valence-corrected chi connectivity index (χ1v) is 16.7. The average Bonchev–Trinajstić information content (AvgIpc) is 2.97. The van der Waals surface area contributed by atoms with Crippen LogP contribution in [0.5, 0.6) is 0 Å². The van der Waals surface area contributed by atoms with E-state index in [0.29, 0.717) is 48.2 Å². The molecular formula is C32H30F2N2O4S2. The molecule has 0 N–H and O–H groups in total. The fourth-order valence-electron chi connectivity index (χ4n) is 5.98. The minimum atomic E-state index is -3.90. The van der Waals surface area contributed by atoms with Gasteiger partial charge in [0.25, 0.3) is 20.0 Å². The van der Waals surface area contributed by atoms with E-state index in [0.717, 1.165) is 11.1 Å². The van der Waals surface area contributed by atoms with Crippen LogP contribution in [0.25, 0.3) is 11.1 Å². The Morgan fingerprint density at radius 2 is 0.929 bits per heavy atom. The maximum absolute atomic E-state index is 13.8. The molecular weight excluding hydrogens is 578 g/mol. The number of anilines is 2. The third-order valence-corrected chi connectivity index (χ3v) is 12.1. The number of fused-ring (bicyclic) bond motifs is 2. The van der Waals surface area contributed by atoms with Crippen LogP contribution in [0.1, 0.15) is 37.8 Å². The van der Waals surface area contributed by atoms with Crippen LogP contribution in [0, 0.1) is 11.6 Å². The molecule has 2 unspecified atom stereocenters. The van der Waals surface area contributed by atoms with Gasteiger partial charge >= 0.3 is 0 Å². The van der Waals surface area contributed by atoms with Gasteiger partial charge in [-0.25, -0.2) is 25.6 Å². The third-order valence-electron chi connectivity index (χ3n) is 8.18. The summed E-state index contributed by atoms with van der Waals surface area (Å²) < 4.78 is 85.0. The Morgan fingerprint density at radius 3 is 1.29 bits per heavy atom. The summed E-state index contributed by atoms with van der Waals surface area (Å²) in [6.07, 6.45) is 2.38. The Balaban J connectivity index is 1.27. The van der Waals surface area contributed by atoms with E-state index in [4.69, 9.17) is 0 Å². The second kappa shape index (κ2) is 10.5. The molecule has 6 nitrogen and oxygen atoms in total. The number of benzene rings is 4. The van der Waals surface area contributed by atoms with E-state index in [1.807, 2.05) is 13.8 Å². The number of halogens is 2. The Kier molecular flexibility index (Phi) is 7.09. The highest BCUT2D eigenvalue weighted by molar-refractivity contribution is 7.93. The van der Waals surface area contributed by atoms with Crippen LogP contribution in [0.2, 0.25) is 0 Å². The summed E-state index contributed by atoms with van der Waals surface area (Å²) in [7, 11) is -7.81. The first-order chi connectivity index (χ1) is 20.0. The molecule has 4 aromatic carbocycles. The predicted molar refractivity (Wildman–Crippen MR) is 160 cm³/mol. The lowest BCUT2D eigenvalue weighted by Gasteiger charge is -2.36. The monoisotopic (exact) mass is 608 g/mol. The maximum atomic E-state index is 13.8. The van der Waals surface area contributed by atoms with Crippen LogP contribution in [0.15, 0.2) is 94.7 Å². The highest BCUT2D eigenvalue weighted by Gasteiger charge is 2.35. The molecule has 2 aliphatic rings. The molecule has 218 valence electrons. The molecule has 42 heavy (non-hydrogen) atoms. The van der Waals surface area contributed by atoms with Gasteiger partial charge in [-0.3, -0.25) is 8.61 Å². The van der Waals surface area contributed by atoms with Crippen molar-refractivity contribution in [1.82, 2.24) is 0 Å². The first kappa shape index (κ1) is 28.4. The topological polar surface area (TPSA) is 74.8 Å². The standard InChI is InChI=1S/C32H30F2N2O4S2/c1-21-3-5-25-19-27(33)11-17-31(25)35(21)41(37,38)29-13-7-23(8-14-29)24-9-15-30(16-10-24)42(39,40)36-22(2)4-6-26-20-28(34)12-18-32(26)36/h7-22H,3-6H2,1-2H3. The minimum absolute atomic E-state index is 0.115. The molecule has 2 aliphatic heterocycles. The molecule has 2 atom stereocenters. The molecule has 6 rings (SSSR count). The molecule has 2 heterocycles. The number of hydrogen-bond donors (Lipinski definition) is 0. The molecule has 0 spiro atoms. The average molecular weight is 609 g/mol. The molecule has 0 fully saturated rings. The zero-order valence-corrected chi connectivity index (χ0v) is 24.8. The van der Waals surface area contributed by atoms with Crippen LogP contribution in [-0.2, 0) is 32.9 Å². The second-order valence-electron chi connectivity index (χ2n) is 11.0. The van der Waals surface area contributed by atoms with Crippen molar-refractivity contribution in [2.45, 2.75) is 61.4 Å². The van der Waals surface area contributed by atoms with Gasteiger partial charge in [-0.15, -0.1) is 0 Å². The van der Waals surface area contributed by atoms with Crippen molar-refractivity contribution in [1.29, 1.82) is 0 Å². The van der Waals surface area contributed by atoms with E-state index in [1.165, 1.54) is 69.3 Å². The van der Waals surface area contributed by atoms with Crippen molar-refractivity contribution in [3.63, 3.8) is 0 Å². The van der Waals surface area contributed by atoms with Gasteiger partial charge in [-0.1, -0.05) is 24.3 Å². The number of rotatable bonds is 5. The van der Waals surface area contributed by atoms with Crippen LogP contribution in [-0.4, -0.2) is 28.9 Å². The minimum Gasteiger partial charge on any atom is -0.263 e. The van der Waals surface area contributed by atoms with Crippen molar-refractivity contribution in [2.75, 3.05) is 8.61 Å². The van der Waals surface area contributed by atoms with E-state index >= 15 is 0 Å². The van der Waals surface area contributed by atoms with Crippen LogP contribution in [0.4, 0.5) is 20.2 Å². The summed E-state index contributed by atoms with van der Waals surface area (Å²) in [6.45, 7) is 3.69. The predicted octanol–water partition coefficient (Wildman–Crippen LogP) is 6.69. The molecule has 4 aromatic rings. The SMILES string of the molecule is CC1CCc2cc(F)ccc2N1S(=O)(=O)c1ccc(-c2ccc(S(=O)(=O)N3c4ccc(F)cc4CCC3C)cc2)cc1. The van der Waals surface area contributed by atoms with E-state index in [2.05, 4.69) is 0 Å². The Hall–Kier alpha value is -3.76. The number of aryl methyl sites for hydroxylation is 2. The lowest BCUT2D eigenvalue weighted by atomic mass is 9.99. The van der Waals surface area contributed by atoms with Gasteiger partial charge in [0.05, 0.1) is 21.2 Å². The zero-order chi connectivity index (χ0) is 29.8. The van der Waals surface area contributed by atoms with Gasteiger partial charge in [0.1, 0.15) is 11.6 Å². The fraction of sp³-hybridized carbons (Fsp3) is 0.250. The van der Waals surface area contributed by atoms with Gasteiger partial charge < -0.3 is 0 Å². The lowest BCUT2D eigenvalue weighted by molar-refractivity contribution is 0.559. The number of sulfonamides is 2. The fourth-order valence-corrected chi connectivity index (χ4v) is 9.42. The van der Waals surface area contributed by atoms with E-state index in [9.17, 15) is 25.6 Å². The normalized spacial score (nSPS) is 18.9. The quantitative estimate of drug-likeness (QED) is 0.253. The van der Waals surface area contributed by atoms with Crippen LogP contribution in [0.3, 0.4) is 0 Å². The highest BCUT2D eigenvalue weighted by Crippen LogP contribution is 2.38. The zero-order valence-electron chi connectivity index (χ0n) is 23.2. The van der Waals surface area contributed by atoms with Crippen molar-refractivity contribution in [2.24, 2.45) is 0 Å². The van der Waals surface area contributed by atoms with Crippen LogP contribution >= 0.6 is 0 Å². The van der Waals surface area contributed by atoms with Crippen molar-refractivity contribution >= 4 is 31.4 Å². The van der Waals surface area contributed by atoms with Gasteiger partial charge in [0, 0.05) is 12.1 Å². The smallest absolute Gasteiger partial charge is 0.263 e. The Morgan fingerprint density at radius 1 is 0.571 bits per heavy atom. The molecule has 0 amide bonds. The molecule has 0 aromatic heterocycles. The summed E-state index contributed by atoms with van der Waals surface area (Å²) in [5, 5.41) is 0. The van der Waals surface area contributed by atoms with Gasteiger partial charge in [0.2, 0.25) is 0 Å². The van der Waals surface area contributed by atoms with Crippen LogP contribution < -0.4 is 8.61 Å². The van der Waals surface area contributed by atoms with E-state index in [-0.39, 0.29) is 21.9 Å². The van der Waals surface area contributed by atoms with Gasteiger partial charge in [0.15, 0.2) is 0 Å². The molecule has 10 heteroatoms. The largest absolute Gasteiger partial charge is 0.264 e. The van der Waals surface area contributed by atoms with E-state index in [1.54, 1.807) is 24.3 Å². The third kappa shape index (κ3) is 4.86. The lowest BCUT2D eigenvalue weighted by Crippen LogP contribution is -2.42. The summed E-state index contributed by atoms with van der Waals surface area (Å²) in [5.41, 5.74) is 3.76. The second-order valence-corrected chi connectivity index (χ2v) is 14.6. The van der Waals surface area contributed by atoms with Gasteiger partial charge in [-0.05, 0) is 122 Å². The van der Waals surface area contributed by atoms with Crippen molar-refractivity contribution < 1.29 is 25.6 Å². The summed E-state index contributed by atoms with van der Waals surface area (Å²) in [6, 6.07) is 20.7. The number of hydrogen-bond acceptors (Lipinski definition) is 4. The molecule has 0 saturated heterocycles. The van der Waals surface area contributed by atoms with Crippen molar-refractivity contribution in [3.05, 3.63) is 108 Å². The Labute approximate surface area is 245 Å². The molecule has 0 aliphatic carbocycles. The molecule has 0 saturated carbocycles. The first-order valence-electron chi connectivity index (χ1n) is 13.8. The van der Waals surface area contributed by atoms with Gasteiger partial charge in [-0.2, -0.15) is 0 Å². The molecule has 0 radical (unpaired) electrons.